The fraction of sp³-hybridized carbons (Fsp3) is 0.148. The lowest BCUT2D eigenvalue weighted by Crippen LogP contribution is -2.17. The number of benzene rings is 2. The first-order valence-corrected chi connectivity index (χ1v) is 12.6. The maximum Gasteiger partial charge on any atom is 0.252 e. The van der Waals surface area contributed by atoms with Crippen LogP contribution in [-0.2, 0) is 14.1 Å². The van der Waals surface area contributed by atoms with E-state index in [2.05, 4.69) is 16.0 Å². The molecule has 5 aromatic rings. The van der Waals surface area contributed by atoms with Gasteiger partial charge in [0.05, 0.1) is 6.33 Å². The lowest BCUT2D eigenvalue weighted by Gasteiger charge is -2.11. The molecule has 0 bridgehead atoms. The first kappa shape index (κ1) is 26.5. The average molecular weight is 526 g/mol. The van der Waals surface area contributed by atoms with Crippen molar-refractivity contribution in [2.45, 2.75) is 23.6 Å². The Hall–Kier alpha value is -3.06. The molecule has 0 fully saturated rings. The van der Waals surface area contributed by atoms with Gasteiger partial charge in [0.15, 0.2) is 0 Å². The molecule has 0 N–H and O–H groups in total. The number of hydrogen-bond acceptors (Lipinski definition) is 4. The van der Waals surface area contributed by atoms with Gasteiger partial charge >= 0.3 is 0 Å². The molecular formula is C27H26Cl2N4OS. The molecule has 0 saturated heterocycles. The van der Waals surface area contributed by atoms with E-state index in [0.29, 0.717) is 15.7 Å². The number of hydrogen-bond donors (Lipinski definition) is 0. The summed E-state index contributed by atoms with van der Waals surface area (Å²) in [5.41, 5.74) is 2.24. The van der Waals surface area contributed by atoms with Crippen LogP contribution in [0.15, 0.2) is 100 Å². The first-order valence-electron chi connectivity index (χ1n) is 11.0. The average Bonchev–Trinajstić information content (AvgIpc) is 3.35. The number of pyridine rings is 2. The fourth-order valence-electron chi connectivity index (χ4n) is 3.22. The Balaban J connectivity index is 0.000000369. The Kier molecular flexibility index (Phi) is 9.55. The van der Waals surface area contributed by atoms with E-state index >= 15 is 0 Å². The molecule has 2 aromatic carbocycles. The van der Waals surface area contributed by atoms with E-state index in [4.69, 9.17) is 23.2 Å². The molecule has 0 aliphatic rings. The van der Waals surface area contributed by atoms with Crippen molar-refractivity contribution in [3.63, 3.8) is 0 Å². The third kappa shape index (κ3) is 6.98. The lowest BCUT2D eigenvalue weighted by atomic mass is 10.0. The van der Waals surface area contributed by atoms with Crippen LogP contribution in [-0.4, -0.2) is 19.1 Å². The number of fused-ring (bicyclic) bond motifs is 1. The highest BCUT2D eigenvalue weighted by Gasteiger charge is 2.12. The molecule has 180 valence electrons. The van der Waals surface area contributed by atoms with Crippen LogP contribution in [0.4, 0.5) is 0 Å². The monoisotopic (exact) mass is 524 g/mol. The summed E-state index contributed by atoms with van der Waals surface area (Å²) in [7, 11) is 3.67. The van der Waals surface area contributed by atoms with Gasteiger partial charge in [0.2, 0.25) is 0 Å². The summed E-state index contributed by atoms with van der Waals surface area (Å²) in [6.07, 6.45) is 7.17. The van der Waals surface area contributed by atoms with Crippen molar-refractivity contribution < 1.29 is 0 Å². The predicted molar refractivity (Wildman–Crippen MR) is 148 cm³/mol. The van der Waals surface area contributed by atoms with E-state index in [1.807, 2.05) is 80.2 Å². The molecule has 0 atom stereocenters. The number of aryl methyl sites for hydroxylation is 2. The van der Waals surface area contributed by atoms with Gasteiger partial charge in [0, 0.05) is 64.0 Å². The van der Waals surface area contributed by atoms with Crippen LogP contribution in [0.1, 0.15) is 13.8 Å². The van der Waals surface area contributed by atoms with Gasteiger partial charge in [0.1, 0.15) is 5.65 Å². The zero-order valence-corrected chi connectivity index (χ0v) is 22.3. The van der Waals surface area contributed by atoms with Gasteiger partial charge in [-0.2, -0.15) is 0 Å². The van der Waals surface area contributed by atoms with Crippen LogP contribution < -0.4 is 5.56 Å². The highest BCUT2D eigenvalue weighted by molar-refractivity contribution is 7.99. The summed E-state index contributed by atoms with van der Waals surface area (Å²) >= 11 is 13.7. The van der Waals surface area contributed by atoms with E-state index in [1.54, 1.807) is 48.2 Å². The zero-order chi connectivity index (χ0) is 25.4. The molecule has 0 amide bonds. The van der Waals surface area contributed by atoms with Crippen molar-refractivity contribution in [1.29, 1.82) is 0 Å². The topological polar surface area (TPSA) is 52.7 Å². The summed E-state index contributed by atoms with van der Waals surface area (Å²) in [4.78, 5) is 22.8. The van der Waals surface area contributed by atoms with Gasteiger partial charge in [-0.15, -0.1) is 0 Å². The number of aromatic nitrogens is 4. The second kappa shape index (κ2) is 12.6. The molecule has 5 rings (SSSR count). The molecule has 0 spiro atoms. The molecule has 0 aliphatic carbocycles. The van der Waals surface area contributed by atoms with E-state index in [0.717, 1.165) is 26.3 Å². The maximum absolute atomic E-state index is 12.4. The fourth-order valence-corrected chi connectivity index (χ4v) is 4.36. The third-order valence-corrected chi connectivity index (χ3v) is 6.32. The summed E-state index contributed by atoms with van der Waals surface area (Å²) in [6, 6.07) is 18.8. The molecule has 0 unspecified atom stereocenters. The van der Waals surface area contributed by atoms with Gasteiger partial charge in [-0.1, -0.05) is 60.9 Å². The minimum atomic E-state index is -0.108. The lowest BCUT2D eigenvalue weighted by molar-refractivity contribution is 0.886. The number of halogens is 2. The predicted octanol–water partition coefficient (Wildman–Crippen LogP) is 7.50. The maximum atomic E-state index is 12.4. The van der Waals surface area contributed by atoms with Crippen molar-refractivity contribution in [2.75, 3.05) is 0 Å². The van der Waals surface area contributed by atoms with Crippen LogP contribution in [0.3, 0.4) is 0 Å². The normalized spacial score (nSPS) is 10.2. The highest BCUT2D eigenvalue weighted by Crippen LogP contribution is 2.33. The van der Waals surface area contributed by atoms with E-state index in [1.165, 1.54) is 0 Å². The minimum Gasteiger partial charge on any atom is -0.341 e. The zero-order valence-electron chi connectivity index (χ0n) is 19.9. The SMILES string of the molecule is CC.Cn1c(=O)cc(-c2cccc(Cl)c2)c2cc(Sc3ccc(Cl)cc3)cnc21.Cn1ccnc1. The molecule has 35 heavy (non-hydrogen) atoms. The summed E-state index contributed by atoms with van der Waals surface area (Å²) in [6.45, 7) is 4.00. The van der Waals surface area contributed by atoms with Crippen molar-refractivity contribution in [2.24, 2.45) is 14.1 Å². The molecule has 0 saturated carbocycles. The van der Waals surface area contributed by atoms with Crippen molar-refractivity contribution in [3.05, 3.63) is 106 Å². The third-order valence-electron chi connectivity index (χ3n) is 4.87. The first-order chi connectivity index (χ1) is 16.9. The Morgan fingerprint density at radius 2 is 1.63 bits per heavy atom. The molecule has 8 heteroatoms. The Morgan fingerprint density at radius 1 is 0.886 bits per heavy atom. The van der Waals surface area contributed by atoms with Gasteiger partial charge < -0.3 is 4.57 Å². The Morgan fingerprint density at radius 3 is 2.23 bits per heavy atom. The number of rotatable bonds is 3. The molecule has 5 nitrogen and oxygen atoms in total. The number of nitrogens with zero attached hydrogens (tertiary/aromatic N) is 4. The number of imidazole rings is 1. The molecule has 3 aromatic heterocycles. The Bertz CT molecular complexity index is 1450. The van der Waals surface area contributed by atoms with Crippen LogP contribution in [0.25, 0.3) is 22.2 Å². The molecular weight excluding hydrogens is 499 g/mol. The van der Waals surface area contributed by atoms with Gasteiger partial charge in [0.25, 0.3) is 5.56 Å². The van der Waals surface area contributed by atoms with Crippen molar-refractivity contribution >= 4 is 46.0 Å². The summed E-state index contributed by atoms with van der Waals surface area (Å²) in [5.74, 6) is 0. The molecule has 0 aliphatic heterocycles. The van der Waals surface area contributed by atoms with Gasteiger partial charge in [-0.3, -0.25) is 9.36 Å². The van der Waals surface area contributed by atoms with Crippen LogP contribution in [0, 0.1) is 0 Å². The largest absolute Gasteiger partial charge is 0.341 e. The van der Waals surface area contributed by atoms with Crippen LogP contribution in [0.2, 0.25) is 10.0 Å². The highest BCUT2D eigenvalue weighted by atomic mass is 35.5. The standard InChI is InChI=1S/C21H14Cl2N2OS.C4H6N2.C2H6/c1-25-20(26)11-18(13-3-2-4-15(23)9-13)19-10-17(12-24-21(19)25)27-16-7-5-14(22)6-8-16;1-6-3-2-5-4-6;1-2/h2-12H,1H3;2-4H,1H3;1-2H3. The van der Waals surface area contributed by atoms with E-state index in [-0.39, 0.29) is 5.56 Å². The second-order valence-corrected chi connectivity index (χ2v) is 9.31. The van der Waals surface area contributed by atoms with Gasteiger partial charge in [-0.25, -0.2) is 9.97 Å². The van der Waals surface area contributed by atoms with E-state index in [9.17, 15) is 4.79 Å². The summed E-state index contributed by atoms with van der Waals surface area (Å²) < 4.78 is 3.44. The van der Waals surface area contributed by atoms with Gasteiger partial charge in [-0.05, 0) is 53.6 Å². The van der Waals surface area contributed by atoms with Crippen molar-refractivity contribution in [1.82, 2.24) is 19.1 Å². The molecule has 0 radical (unpaired) electrons. The molecule has 3 heterocycles. The summed E-state index contributed by atoms with van der Waals surface area (Å²) in [5, 5.41) is 2.23. The Labute approximate surface area is 219 Å². The minimum absolute atomic E-state index is 0.108. The van der Waals surface area contributed by atoms with E-state index < -0.39 is 0 Å². The van der Waals surface area contributed by atoms with Crippen LogP contribution >= 0.6 is 35.0 Å². The van der Waals surface area contributed by atoms with Crippen molar-refractivity contribution in [3.8, 4) is 11.1 Å². The quantitative estimate of drug-likeness (QED) is 0.245. The van der Waals surface area contributed by atoms with Crippen LogP contribution in [0.5, 0.6) is 0 Å². The second-order valence-electron chi connectivity index (χ2n) is 7.29. The smallest absolute Gasteiger partial charge is 0.252 e.